The van der Waals surface area contributed by atoms with Crippen LogP contribution in [-0.2, 0) is 6.54 Å². The summed E-state index contributed by atoms with van der Waals surface area (Å²) in [4.78, 5) is 0. The van der Waals surface area contributed by atoms with Crippen molar-refractivity contribution in [1.82, 2.24) is 0 Å². The van der Waals surface area contributed by atoms with Gasteiger partial charge in [0.1, 0.15) is 11.4 Å². The Labute approximate surface area is 118 Å². The van der Waals surface area contributed by atoms with Crippen LogP contribution in [0, 0.1) is 5.82 Å². The zero-order valence-corrected chi connectivity index (χ0v) is 11.6. The van der Waals surface area contributed by atoms with E-state index in [1.165, 1.54) is 6.07 Å². The first kappa shape index (κ1) is 12.2. The first-order valence-corrected chi connectivity index (χ1v) is 6.67. The number of hydrogen-bond acceptors (Lipinski definition) is 2. The van der Waals surface area contributed by atoms with Crippen molar-refractivity contribution in [2.45, 2.75) is 6.54 Å². The molecule has 0 amide bonds. The zero-order chi connectivity index (χ0) is 13.2. The van der Waals surface area contributed by atoms with Crippen LogP contribution < -0.4 is 5.32 Å². The van der Waals surface area contributed by atoms with E-state index in [1.807, 2.05) is 24.3 Å². The van der Waals surface area contributed by atoms with Crippen LogP contribution in [0.1, 0.15) is 5.56 Å². The molecule has 0 saturated carbocycles. The maximum atomic E-state index is 13.1. The molecule has 0 saturated heterocycles. The third-order valence-electron chi connectivity index (χ3n) is 2.96. The van der Waals surface area contributed by atoms with Crippen molar-refractivity contribution in [3.8, 4) is 0 Å². The molecular weight excluding hydrogens is 309 g/mol. The molecule has 0 aliphatic heterocycles. The van der Waals surface area contributed by atoms with Gasteiger partial charge in [0, 0.05) is 23.2 Å². The molecule has 19 heavy (non-hydrogen) atoms. The fraction of sp³-hybridized carbons (Fsp3) is 0.0667. The highest BCUT2D eigenvalue weighted by atomic mass is 79.9. The Morgan fingerprint density at radius 1 is 1.16 bits per heavy atom. The van der Waals surface area contributed by atoms with Gasteiger partial charge in [-0.05, 0) is 40.2 Å². The number of anilines is 1. The topological polar surface area (TPSA) is 25.2 Å². The van der Waals surface area contributed by atoms with Gasteiger partial charge < -0.3 is 9.73 Å². The Morgan fingerprint density at radius 3 is 2.84 bits per heavy atom. The van der Waals surface area contributed by atoms with Gasteiger partial charge in [0.05, 0.1) is 10.7 Å². The fourth-order valence-electron chi connectivity index (χ4n) is 1.97. The van der Waals surface area contributed by atoms with E-state index in [0.717, 1.165) is 22.2 Å². The summed E-state index contributed by atoms with van der Waals surface area (Å²) in [6.45, 7) is 0.634. The normalized spacial score (nSPS) is 10.8. The molecule has 1 heterocycles. The van der Waals surface area contributed by atoms with Gasteiger partial charge in [-0.25, -0.2) is 4.39 Å². The summed E-state index contributed by atoms with van der Waals surface area (Å²) in [6.07, 6.45) is 1.75. The van der Waals surface area contributed by atoms with Gasteiger partial charge in [0.15, 0.2) is 0 Å². The summed E-state index contributed by atoms with van der Waals surface area (Å²) >= 11 is 3.17. The summed E-state index contributed by atoms with van der Waals surface area (Å²) in [5.74, 6) is -0.265. The van der Waals surface area contributed by atoms with Crippen LogP contribution in [-0.4, -0.2) is 0 Å². The first-order valence-electron chi connectivity index (χ1n) is 5.88. The average molecular weight is 320 g/mol. The second-order valence-electron chi connectivity index (χ2n) is 4.24. The summed E-state index contributed by atoms with van der Waals surface area (Å²) in [6, 6.07) is 12.7. The van der Waals surface area contributed by atoms with E-state index in [-0.39, 0.29) is 5.82 Å². The highest BCUT2D eigenvalue weighted by molar-refractivity contribution is 9.10. The van der Waals surface area contributed by atoms with Crippen LogP contribution in [0.25, 0.3) is 11.0 Å². The van der Waals surface area contributed by atoms with Crippen LogP contribution in [0.5, 0.6) is 0 Å². The third-order valence-corrected chi connectivity index (χ3v) is 3.57. The van der Waals surface area contributed by atoms with Crippen molar-refractivity contribution < 1.29 is 8.81 Å². The van der Waals surface area contributed by atoms with Gasteiger partial charge in [0.25, 0.3) is 0 Å². The first-order chi connectivity index (χ1) is 9.24. The lowest BCUT2D eigenvalue weighted by molar-refractivity contribution is 0.611. The monoisotopic (exact) mass is 319 g/mol. The van der Waals surface area contributed by atoms with Crippen LogP contribution in [0.4, 0.5) is 10.1 Å². The minimum absolute atomic E-state index is 0.265. The maximum absolute atomic E-state index is 13.1. The number of para-hydroxylation sites is 1. The number of halogens is 2. The predicted molar refractivity (Wildman–Crippen MR) is 77.6 cm³/mol. The number of nitrogens with one attached hydrogen (secondary N) is 1. The fourth-order valence-corrected chi connectivity index (χ4v) is 2.35. The lowest BCUT2D eigenvalue weighted by Crippen LogP contribution is -1.98. The number of hydrogen-bond donors (Lipinski definition) is 1. The smallest absolute Gasteiger partial charge is 0.137 e. The molecule has 2 nitrogen and oxygen atoms in total. The lowest BCUT2D eigenvalue weighted by Gasteiger charge is -2.06. The Morgan fingerprint density at radius 2 is 2.00 bits per heavy atom. The molecule has 0 bridgehead atoms. The number of rotatable bonds is 3. The highest BCUT2D eigenvalue weighted by Crippen LogP contribution is 2.23. The molecule has 4 heteroatoms. The number of benzene rings is 2. The van der Waals surface area contributed by atoms with E-state index >= 15 is 0 Å². The largest absolute Gasteiger partial charge is 0.464 e. The van der Waals surface area contributed by atoms with Crippen LogP contribution in [0.15, 0.2) is 57.6 Å². The van der Waals surface area contributed by atoms with Gasteiger partial charge in [-0.15, -0.1) is 0 Å². The molecular formula is C15H11BrFNO. The van der Waals surface area contributed by atoms with Gasteiger partial charge >= 0.3 is 0 Å². The quantitative estimate of drug-likeness (QED) is 0.739. The summed E-state index contributed by atoms with van der Waals surface area (Å²) in [5.41, 5.74) is 2.81. The summed E-state index contributed by atoms with van der Waals surface area (Å²) in [7, 11) is 0. The molecule has 3 aromatic rings. The summed E-state index contributed by atoms with van der Waals surface area (Å²) in [5, 5.41) is 4.34. The third kappa shape index (κ3) is 2.49. The van der Waals surface area contributed by atoms with E-state index in [1.54, 1.807) is 18.4 Å². The maximum Gasteiger partial charge on any atom is 0.137 e. The summed E-state index contributed by atoms with van der Waals surface area (Å²) < 4.78 is 19.1. The molecule has 0 aliphatic carbocycles. The second kappa shape index (κ2) is 5.05. The number of furan rings is 1. The Bertz CT molecular complexity index is 723. The van der Waals surface area contributed by atoms with Crippen LogP contribution in [0.3, 0.4) is 0 Å². The van der Waals surface area contributed by atoms with Crippen molar-refractivity contribution in [3.63, 3.8) is 0 Å². The van der Waals surface area contributed by atoms with Crippen molar-refractivity contribution >= 4 is 32.6 Å². The van der Waals surface area contributed by atoms with Gasteiger partial charge in [-0.3, -0.25) is 0 Å². The molecule has 0 aliphatic rings. The predicted octanol–water partition coefficient (Wildman–Crippen LogP) is 4.95. The SMILES string of the molecule is Fc1ccc(NCc2coc3ccccc23)cc1Br. The second-order valence-corrected chi connectivity index (χ2v) is 5.09. The standard InChI is InChI=1S/C15H11BrFNO/c16-13-7-11(5-6-14(13)17)18-8-10-9-19-15-4-2-1-3-12(10)15/h1-7,9,18H,8H2. The van der Waals surface area contributed by atoms with Crippen molar-refractivity contribution in [3.05, 3.63) is 64.6 Å². The van der Waals surface area contributed by atoms with E-state index in [2.05, 4.69) is 21.2 Å². The Hall–Kier alpha value is -1.81. The van der Waals surface area contributed by atoms with Crippen molar-refractivity contribution in [1.29, 1.82) is 0 Å². The molecule has 0 atom stereocenters. The van der Waals surface area contributed by atoms with Crippen LogP contribution in [0.2, 0.25) is 0 Å². The molecule has 0 spiro atoms. The van der Waals surface area contributed by atoms with Crippen molar-refractivity contribution in [2.75, 3.05) is 5.32 Å². The molecule has 0 radical (unpaired) electrons. The van der Waals surface area contributed by atoms with Gasteiger partial charge in [-0.2, -0.15) is 0 Å². The van der Waals surface area contributed by atoms with Crippen LogP contribution >= 0.6 is 15.9 Å². The molecule has 96 valence electrons. The molecule has 2 aromatic carbocycles. The average Bonchev–Trinajstić information content (AvgIpc) is 2.83. The molecule has 0 fully saturated rings. The van der Waals surface area contributed by atoms with E-state index in [4.69, 9.17) is 4.42 Å². The Balaban J connectivity index is 1.80. The van der Waals surface area contributed by atoms with Crippen molar-refractivity contribution in [2.24, 2.45) is 0 Å². The van der Waals surface area contributed by atoms with Gasteiger partial charge in [-0.1, -0.05) is 18.2 Å². The molecule has 3 rings (SSSR count). The molecule has 1 aromatic heterocycles. The minimum Gasteiger partial charge on any atom is -0.464 e. The van der Waals surface area contributed by atoms with E-state index in [0.29, 0.717) is 11.0 Å². The molecule has 0 unspecified atom stereocenters. The minimum atomic E-state index is -0.265. The zero-order valence-electron chi connectivity index (χ0n) is 9.99. The van der Waals surface area contributed by atoms with E-state index in [9.17, 15) is 4.39 Å². The van der Waals surface area contributed by atoms with E-state index < -0.39 is 0 Å². The van der Waals surface area contributed by atoms with Gasteiger partial charge in [0.2, 0.25) is 0 Å². The lowest BCUT2D eigenvalue weighted by atomic mass is 10.2. The highest BCUT2D eigenvalue weighted by Gasteiger charge is 2.05. The molecule has 1 N–H and O–H groups in total. The number of fused-ring (bicyclic) bond motifs is 1. The Kier molecular flexibility index (Phi) is 3.25.